The second-order valence-electron chi connectivity index (χ2n) is 3.47. The molecule has 1 heterocycles. The summed E-state index contributed by atoms with van der Waals surface area (Å²) >= 11 is 0. The predicted molar refractivity (Wildman–Crippen MR) is 59.9 cm³/mol. The van der Waals surface area contributed by atoms with Crippen molar-refractivity contribution in [3.05, 3.63) is 0 Å². The first kappa shape index (κ1) is 12.4. The van der Waals surface area contributed by atoms with E-state index in [0.29, 0.717) is 12.5 Å². The van der Waals surface area contributed by atoms with Crippen LogP contribution >= 0.6 is 0 Å². The lowest BCUT2D eigenvalue weighted by Gasteiger charge is -2.19. The molecular weight excluding hydrogens is 210 g/mol. The van der Waals surface area contributed by atoms with E-state index in [0.717, 1.165) is 0 Å². The van der Waals surface area contributed by atoms with E-state index in [1.54, 1.807) is 0 Å². The molecule has 1 unspecified atom stereocenters. The van der Waals surface area contributed by atoms with Gasteiger partial charge in [-0.05, 0) is 6.92 Å². The molecule has 90 valence electrons. The number of hydrogen-bond donors (Lipinski definition) is 1. The molecule has 0 amide bonds. The third kappa shape index (κ3) is 3.20. The van der Waals surface area contributed by atoms with Crippen molar-refractivity contribution in [3.8, 4) is 12.0 Å². The Morgan fingerprint density at radius 3 is 2.06 bits per heavy atom. The van der Waals surface area contributed by atoms with Crippen LogP contribution in [0.15, 0.2) is 0 Å². The van der Waals surface area contributed by atoms with Gasteiger partial charge in [0.2, 0.25) is 5.95 Å². The van der Waals surface area contributed by atoms with Crippen molar-refractivity contribution >= 4 is 5.95 Å². The molecule has 0 fully saturated rings. The van der Waals surface area contributed by atoms with Gasteiger partial charge in [0.05, 0.1) is 14.2 Å². The summed E-state index contributed by atoms with van der Waals surface area (Å²) in [6, 6.07) is 0.468. The van der Waals surface area contributed by atoms with Crippen LogP contribution in [0.5, 0.6) is 12.0 Å². The molecule has 0 aliphatic heterocycles. The highest BCUT2D eigenvalue weighted by Crippen LogP contribution is 2.14. The number of methoxy groups -OCH3 is 2. The quantitative estimate of drug-likeness (QED) is 0.737. The highest BCUT2D eigenvalue weighted by atomic mass is 16.5. The zero-order valence-electron chi connectivity index (χ0n) is 9.97. The average Bonchev–Trinajstić information content (AvgIpc) is 2.27. The molecule has 0 aromatic carbocycles. The van der Waals surface area contributed by atoms with Crippen molar-refractivity contribution in [2.24, 2.45) is 5.73 Å². The molecule has 0 radical (unpaired) electrons. The van der Waals surface area contributed by atoms with E-state index in [9.17, 15) is 0 Å². The van der Waals surface area contributed by atoms with Crippen molar-refractivity contribution in [1.29, 1.82) is 0 Å². The molecule has 0 aliphatic carbocycles. The Labute approximate surface area is 94.6 Å². The molecule has 2 N–H and O–H groups in total. The van der Waals surface area contributed by atoms with Crippen LogP contribution in [0.25, 0.3) is 0 Å². The van der Waals surface area contributed by atoms with Gasteiger partial charge < -0.3 is 20.1 Å². The summed E-state index contributed by atoms with van der Waals surface area (Å²) in [5.74, 6) is 0.473. The molecule has 0 aliphatic rings. The molecule has 16 heavy (non-hydrogen) atoms. The molecule has 0 spiro atoms. The van der Waals surface area contributed by atoms with Gasteiger partial charge in [-0.1, -0.05) is 0 Å². The summed E-state index contributed by atoms with van der Waals surface area (Å²) in [6.07, 6.45) is 0. The van der Waals surface area contributed by atoms with E-state index in [4.69, 9.17) is 15.2 Å². The first-order chi connectivity index (χ1) is 7.56. The number of hydrogen-bond acceptors (Lipinski definition) is 7. The number of nitrogens with zero attached hydrogens (tertiary/aromatic N) is 4. The molecule has 1 aromatic rings. The zero-order valence-corrected chi connectivity index (χ0v) is 9.97. The van der Waals surface area contributed by atoms with Crippen LogP contribution in [-0.4, -0.2) is 48.8 Å². The average molecular weight is 227 g/mol. The van der Waals surface area contributed by atoms with Crippen molar-refractivity contribution in [2.75, 3.05) is 32.7 Å². The van der Waals surface area contributed by atoms with Crippen molar-refractivity contribution in [3.63, 3.8) is 0 Å². The minimum Gasteiger partial charge on any atom is -0.467 e. The number of aromatic nitrogens is 3. The van der Waals surface area contributed by atoms with Gasteiger partial charge in [-0.15, -0.1) is 4.98 Å². The molecule has 0 saturated heterocycles. The van der Waals surface area contributed by atoms with Crippen molar-refractivity contribution in [1.82, 2.24) is 15.0 Å². The first-order valence-electron chi connectivity index (χ1n) is 4.87. The summed E-state index contributed by atoms with van der Waals surface area (Å²) in [6.45, 7) is 2.54. The normalized spacial score (nSPS) is 12.1. The number of likely N-dealkylation sites (N-methyl/N-ethyl adjacent to an activating group) is 1. The summed E-state index contributed by atoms with van der Waals surface area (Å²) in [4.78, 5) is 13.9. The van der Waals surface area contributed by atoms with E-state index < -0.39 is 0 Å². The number of nitrogens with two attached hydrogens (primary N) is 1. The fourth-order valence-corrected chi connectivity index (χ4v) is 1.19. The number of anilines is 1. The lowest BCUT2D eigenvalue weighted by atomic mass is 10.3. The fourth-order valence-electron chi connectivity index (χ4n) is 1.19. The Morgan fingerprint density at radius 2 is 1.69 bits per heavy atom. The fraction of sp³-hybridized carbons (Fsp3) is 0.667. The van der Waals surface area contributed by atoms with Crippen LogP contribution in [0.3, 0.4) is 0 Å². The van der Waals surface area contributed by atoms with Crippen molar-refractivity contribution in [2.45, 2.75) is 13.0 Å². The monoisotopic (exact) mass is 227 g/mol. The van der Waals surface area contributed by atoms with Crippen LogP contribution in [0.2, 0.25) is 0 Å². The molecule has 1 rings (SSSR count). The predicted octanol–water partition coefficient (Wildman–Crippen LogP) is -0.328. The molecule has 7 nitrogen and oxygen atoms in total. The van der Waals surface area contributed by atoms with Gasteiger partial charge in [0.25, 0.3) is 0 Å². The van der Waals surface area contributed by atoms with E-state index in [1.165, 1.54) is 14.2 Å². The smallest absolute Gasteiger partial charge is 0.324 e. The van der Waals surface area contributed by atoms with E-state index in [1.807, 2.05) is 18.9 Å². The van der Waals surface area contributed by atoms with Crippen LogP contribution < -0.4 is 20.1 Å². The maximum Gasteiger partial charge on any atom is 0.324 e. The van der Waals surface area contributed by atoms with Crippen LogP contribution in [0.4, 0.5) is 5.95 Å². The Kier molecular flexibility index (Phi) is 4.24. The topological polar surface area (TPSA) is 86.4 Å². The molecule has 0 bridgehead atoms. The molecular formula is C9H17N5O2. The van der Waals surface area contributed by atoms with Crippen molar-refractivity contribution < 1.29 is 9.47 Å². The Bertz CT molecular complexity index is 322. The highest BCUT2D eigenvalue weighted by molar-refractivity contribution is 5.31. The van der Waals surface area contributed by atoms with Crippen LogP contribution in [-0.2, 0) is 0 Å². The standard InChI is InChI=1S/C9H17N5O2/c1-6(10)5-14(2)7-11-8(15-3)13-9(12-7)16-4/h6H,5,10H2,1-4H3. The number of rotatable bonds is 5. The third-order valence-electron chi connectivity index (χ3n) is 1.85. The summed E-state index contributed by atoms with van der Waals surface area (Å²) in [5, 5.41) is 0. The molecule has 7 heteroatoms. The van der Waals surface area contributed by atoms with Gasteiger partial charge in [-0.25, -0.2) is 0 Å². The lowest BCUT2D eigenvalue weighted by Crippen LogP contribution is -2.33. The van der Waals surface area contributed by atoms with Gasteiger partial charge in [-0.2, -0.15) is 9.97 Å². The van der Waals surface area contributed by atoms with Gasteiger partial charge in [0.15, 0.2) is 0 Å². The second-order valence-corrected chi connectivity index (χ2v) is 3.47. The number of ether oxygens (including phenoxy) is 2. The van der Waals surface area contributed by atoms with Gasteiger partial charge >= 0.3 is 12.0 Å². The Balaban J connectivity index is 2.93. The minimum absolute atomic E-state index is 0.0266. The van der Waals surface area contributed by atoms with Crippen LogP contribution in [0.1, 0.15) is 6.92 Å². The lowest BCUT2D eigenvalue weighted by molar-refractivity contribution is 0.340. The summed E-state index contributed by atoms with van der Waals surface area (Å²) in [5.41, 5.74) is 5.70. The third-order valence-corrected chi connectivity index (χ3v) is 1.85. The molecule has 1 atom stereocenters. The van der Waals surface area contributed by atoms with Gasteiger partial charge in [-0.3, -0.25) is 0 Å². The summed E-state index contributed by atoms with van der Waals surface area (Å²) in [7, 11) is 4.83. The Morgan fingerprint density at radius 1 is 1.19 bits per heavy atom. The first-order valence-corrected chi connectivity index (χ1v) is 4.87. The van der Waals surface area contributed by atoms with Crippen LogP contribution in [0, 0.1) is 0 Å². The van der Waals surface area contributed by atoms with Gasteiger partial charge in [0.1, 0.15) is 0 Å². The summed E-state index contributed by atoms with van der Waals surface area (Å²) < 4.78 is 9.90. The minimum atomic E-state index is 0.0266. The SMILES string of the molecule is COc1nc(OC)nc(N(C)CC(C)N)n1. The highest BCUT2D eigenvalue weighted by Gasteiger charge is 2.11. The molecule has 0 saturated carbocycles. The van der Waals surface area contributed by atoms with E-state index in [-0.39, 0.29) is 18.1 Å². The molecule has 1 aromatic heterocycles. The van der Waals surface area contributed by atoms with E-state index in [2.05, 4.69) is 15.0 Å². The van der Waals surface area contributed by atoms with Gasteiger partial charge in [0, 0.05) is 19.6 Å². The van der Waals surface area contributed by atoms with E-state index >= 15 is 0 Å². The maximum absolute atomic E-state index is 5.70. The second kappa shape index (κ2) is 5.45. The maximum atomic E-state index is 5.70. The zero-order chi connectivity index (χ0) is 12.1. The largest absolute Gasteiger partial charge is 0.467 e. The Hall–Kier alpha value is -1.63.